The monoisotopic (exact) mass is 296 g/mol. The van der Waals surface area contributed by atoms with Gasteiger partial charge in [0.15, 0.2) is 0 Å². The summed E-state index contributed by atoms with van der Waals surface area (Å²) in [5.41, 5.74) is 4.57. The highest BCUT2D eigenvalue weighted by molar-refractivity contribution is 5.84. The van der Waals surface area contributed by atoms with Gasteiger partial charge in [-0.05, 0) is 44.4 Å². The lowest BCUT2D eigenvalue weighted by Crippen LogP contribution is -2.50. The maximum absolute atomic E-state index is 12.5. The van der Waals surface area contributed by atoms with Gasteiger partial charge < -0.3 is 16.2 Å². The molecule has 4 N–H and O–H groups in total. The molecule has 120 valence electrons. The van der Waals surface area contributed by atoms with E-state index in [0.717, 1.165) is 38.5 Å². The van der Waals surface area contributed by atoms with Crippen molar-refractivity contribution in [1.29, 1.82) is 0 Å². The fourth-order valence-corrected chi connectivity index (χ4v) is 3.79. The van der Waals surface area contributed by atoms with Gasteiger partial charge in [-0.25, -0.2) is 0 Å². The van der Waals surface area contributed by atoms with Gasteiger partial charge in [0.25, 0.3) is 0 Å². The van der Waals surface area contributed by atoms with Crippen molar-refractivity contribution in [3.05, 3.63) is 0 Å². The third-order valence-corrected chi connectivity index (χ3v) is 5.71. The minimum atomic E-state index is -0.781. The largest absolute Gasteiger partial charge is 0.481 e. The summed E-state index contributed by atoms with van der Waals surface area (Å²) in [4.78, 5) is 24.2. The van der Waals surface area contributed by atoms with E-state index in [1.165, 1.54) is 0 Å². The van der Waals surface area contributed by atoms with Crippen LogP contribution in [0.25, 0.3) is 0 Å². The highest BCUT2D eigenvalue weighted by Gasteiger charge is 2.44. The zero-order valence-electron chi connectivity index (χ0n) is 13.0. The average Bonchev–Trinajstić information content (AvgIpc) is 2.96. The number of aliphatic carboxylic acids is 1. The molecule has 0 spiro atoms. The predicted molar refractivity (Wildman–Crippen MR) is 80.7 cm³/mol. The molecule has 0 bridgehead atoms. The van der Waals surface area contributed by atoms with E-state index in [-0.39, 0.29) is 12.5 Å². The lowest BCUT2D eigenvalue weighted by Gasteiger charge is -2.37. The molecular weight excluding hydrogens is 268 g/mol. The number of carboxylic acids is 1. The highest BCUT2D eigenvalue weighted by Crippen LogP contribution is 2.40. The summed E-state index contributed by atoms with van der Waals surface area (Å²) in [6, 6.07) is 0. The summed E-state index contributed by atoms with van der Waals surface area (Å²) in [5, 5.41) is 12.5. The summed E-state index contributed by atoms with van der Waals surface area (Å²) in [7, 11) is 0. The van der Waals surface area contributed by atoms with E-state index in [9.17, 15) is 14.7 Å². The third kappa shape index (κ3) is 3.23. The first kappa shape index (κ1) is 16.3. The minimum Gasteiger partial charge on any atom is -0.481 e. The Balaban J connectivity index is 1.99. The van der Waals surface area contributed by atoms with Crippen LogP contribution in [0.5, 0.6) is 0 Å². The Morgan fingerprint density at radius 1 is 1.14 bits per heavy atom. The first-order valence-corrected chi connectivity index (χ1v) is 8.16. The van der Waals surface area contributed by atoms with Gasteiger partial charge in [0.1, 0.15) is 0 Å². The topological polar surface area (TPSA) is 92.4 Å². The second-order valence-corrected chi connectivity index (χ2v) is 7.14. The van der Waals surface area contributed by atoms with Crippen molar-refractivity contribution >= 4 is 11.9 Å². The lowest BCUT2D eigenvalue weighted by atomic mass is 9.70. The van der Waals surface area contributed by atoms with Gasteiger partial charge in [-0.2, -0.15) is 0 Å². The van der Waals surface area contributed by atoms with Crippen LogP contribution in [-0.2, 0) is 9.59 Å². The van der Waals surface area contributed by atoms with E-state index in [1.54, 1.807) is 0 Å². The van der Waals surface area contributed by atoms with Crippen LogP contribution < -0.4 is 11.1 Å². The molecule has 0 aromatic rings. The normalized spacial score (nSPS) is 31.8. The molecule has 2 aliphatic rings. The number of hydrogen-bond donors (Lipinski definition) is 3. The lowest BCUT2D eigenvalue weighted by molar-refractivity contribution is -0.151. The zero-order chi connectivity index (χ0) is 15.5. The van der Waals surface area contributed by atoms with Gasteiger partial charge in [-0.15, -0.1) is 0 Å². The molecule has 2 saturated carbocycles. The first-order valence-electron chi connectivity index (χ1n) is 8.16. The Labute approximate surface area is 126 Å². The van der Waals surface area contributed by atoms with Crippen molar-refractivity contribution < 1.29 is 14.7 Å². The maximum atomic E-state index is 12.5. The van der Waals surface area contributed by atoms with Crippen LogP contribution in [-0.4, -0.2) is 30.1 Å². The molecule has 0 aromatic carbocycles. The average molecular weight is 296 g/mol. The SMILES string of the molecule is CC1CCC(CNC(=O)C2(CN)CCCC2)(C(=O)O)CC1. The molecule has 1 amide bonds. The number of nitrogens with two attached hydrogens (primary N) is 1. The van der Waals surface area contributed by atoms with Crippen LogP contribution >= 0.6 is 0 Å². The molecule has 0 heterocycles. The predicted octanol–water partition coefficient (Wildman–Crippen LogP) is 1.90. The number of hydrogen-bond acceptors (Lipinski definition) is 3. The van der Waals surface area contributed by atoms with Crippen molar-refractivity contribution in [1.82, 2.24) is 5.32 Å². The molecule has 0 saturated heterocycles. The molecule has 0 radical (unpaired) electrons. The number of carbonyl (C=O) groups is 2. The van der Waals surface area contributed by atoms with E-state index in [1.807, 2.05) is 0 Å². The Morgan fingerprint density at radius 3 is 2.19 bits per heavy atom. The van der Waals surface area contributed by atoms with Crippen LogP contribution in [0.15, 0.2) is 0 Å². The van der Waals surface area contributed by atoms with Crippen LogP contribution in [0.4, 0.5) is 0 Å². The number of amides is 1. The van der Waals surface area contributed by atoms with Crippen LogP contribution in [0.1, 0.15) is 58.3 Å². The molecule has 21 heavy (non-hydrogen) atoms. The van der Waals surface area contributed by atoms with E-state index >= 15 is 0 Å². The van der Waals surface area contributed by atoms with Gasteiger partial charge in [0.2, 0.25) is 5.91 Å². The summed E-state index contributed by atoms with van der Waals surface area (Å²) in [5.74, 6) is -0.233. The van der Waals surface area contributed by atoms with E-state index in [4.69, 9.17) is 5.73 Å². The summed E-state index contributed by atoms with van der Waals surface area (Å²) in [6.45, 7) is 2.76. The second kappa shape index (κ2) is 6.34. The summed E-state index contributed by atoms with van der Waals surface area (Å²) < 4.78 is 0. The smallest absolute Gasteiger partial charge is 0.311 e. The van der Waals surface area contributed by atoms with Crippen LogP contribution in [0, 0.1) is 16.7 Å². The van der Waals surface area contributed by atoms with Gasteiger partial charge in [-0.1, -0.05) is 19.8 Å². The Bertz CT molecular complexity index is 394. The van der Waals surface area contributed by atoms with Crippen molar-refractivity contribution in [2.75, 3.05) is 13.1 Å². The molecule has 0 aliphatic heterocycles. The molecule has 2 fully saturated rings. The highest BCUT2D eigenvalue weighted by atomic mass is 16.4. The van der Waals surface area contributed by atoms with Crippen molar-refractivity contribution in [2.24, 2.45) is 22.5 Å². The third-order valence-electron chi connectivity index (χ3n) is 5.71. The van der Waals surface area contributed by atoms with E-state index in [2.05, 4.69) is 12.2 Å². The summed E-state index contributed by atoms with van der Waals surface area (Å²) in [6.07, 6.45) is 6.87. The molecule has 0 unspecified atom stereocenters. The second-order valence-electron chi connectivity index (χ2n) is 7.14. The van der Waals surface area contributed by atoms with Gasteiger partial charge in [-0.3, -0.25) is 9.59 Å². The Kier molecular flexibility index (Phi) is 4.91. The fraction of sp³-hybridized carbons (Fsp3) is 0.875. The minimum absolute atomic E-state index is 0.0400. The van der Waals surface area contributed by atoms with E-state index in [0.29, 0.717) is 25.3 Å². The molecule has 5 heteroatoms. The Hall–Kier alpha value is -1.10. The van der Waals surface area contributed by atoms with Gasteiger partial charge >= 0.3 is 5.97 Å². The summed E-state index contributed by atoms with van der Waals surface area (Å²) >= 11 is 0. The fourth-order valence-electron chi connectivity index (χ4n) is 3.79. The van der Waals surface area contributed by atoms with Crippen LogP contribution in [0.3, 0.4) is 0 Å². The molecule has 0 aromatic heterocycles. The van der Waals surface area contributed by atoms with Crippen molar-refractivity contribution in [2.45, 2.75) is 58.3 Å². The number of carboxylic acid groups (broad SMARTS) is 1. The molecule has 0 atom stereocenters. The van der Waals surface area contributed by atoms with Gasteiger partial charge in [0, 0.05) is 13.1 Å². The Morgan fingerprint density at radius 2 is 1.71 bits per heavy atom. The first-order chi connectivity index (χ1) is 9.94. The maximum Gasteiger partial charge on any atom is 0.311 e. The van der Waals surface area contributed by atoms with Crippen molar-refractivity contribution in [3.63, 3.8) is 0 Å². The number of rotatable bonds is 5. The van der Waals surface area contributed by atoms with Crippen molar-refractivity contribution in [3.8, 4) is 0 Å². The van der Waals surface area contributed by atoms with E-state index < -0.39 is 16.8 Å². The van der Waals surface area contributed by atoms with Gasteiger partial charge in [0.05, 0.1) is 10.8 Å². The molecule has 5 nitrogen and oxygen atoms in total. The molecule has 2 rings (SSSR count). The number of nitrogens with one attached hydrogen (secondary N) is 1. The molecular formula is C16H28N2O3. The number of carbonyl (C=O) groups excluding carboxylic acids is 1. The molecule has 2 aliphatic carbocycles. The standard InChI is InChI=1S/C16H28N2O3/c1-12-4-8-16(9-5-12,14(20)21)11-18-13(19)15(10-17)6-2-3-7-15/h12H,2-11,17H2,1H3,(H,18,19)(H,20,21). The quantitative estimate of drug-likeness (QED) is 0.722. The van der Waals surface area contributed by atoms with Crippen LogP contribution in [0.2, 0.25) is 0 Å². The zero-order valence-corrected chi connectivity index (χ0v) is 13.0.